The van der Waals surface area contributed by atoms with E-state index in [1.165, 1.54) is 12.1 Å². The second-order valence-electron chi connectivity index (χ2n) is 8.01. The molecular weight excluding hydrogens is 405 g/mol. The highest BCUT2D eigenvalue weighted by molar-refractivity contribution is 6.06. The first-order chi connectivity index (χ1) is 15.6. The molecule has 5 nitrogen and oxygen atoms in total. The summed E-state index contributed by atoms with van der Waals surface area (Å²) < 4.78 is 13.3. The van der Waals surface area contributed by atoms with Crippen molar-refractivity contribution >= 4 is 11.6 Å². The van der Waals surface area contributed by atoms with Gasteiger partial charge in [0, 0.05) is 12.8 Å². The number of phenols is 1. The SMILES string of the molecule is O=C1C(Cc2ccc(F)cc2)NC2=C(Cc3ccccc3)N=C(c3ccc(O)cc3)CN12. The Labute approximate surface area is 185 Å². The quantitative estimate of drug-likeness (QED) is 0.651. The van der Waals surface area contributed by atoms with E-state index in [1.807, 2.05) is 42.5 Å². The molecule has 0 aromatic heterocycles. The number of aliphatic imine (C=N–C) groups is 1. The molecule has 5 rings (SSSR count). The third-order valence-electron chi connectivity index (χ3n) is 5.76. The molecule has 1 atom stereocenters. The number of amides is 1. The minimum Gasteiger partial charge on any atom is -0.508 e. The Kier molecular flexibility index (Phi) is 5.19. The van der Waals surface area contributed by atoms with Crippen molar-refractivity contribution in [2.45, 2.75) is 18.9 Å². The topological polar surface area (TPSA) is 64.9 Å². The lowest BCUT2D eigenvalue weighted by molar-refractivity contribution is -0.127. The Balaban J connectivity index is 1.48. The van der Waals surface area contributed by atoms with Crippen molar-refractivity contribution in [3.63, 3.8) is 0 Å². The number of benzene rings is 3. The van der Waals surface area contributed by atoms with E-state index in [2.05, 4.69) is 5.32 Å². The second kappa shape index (κ2) is 8.30. The van der Waals surface area contributed by atoms with E-state index >= 15 is 0 Å². The van der Waals surface area contributed by atoms with Gasteiger partial charge in [0.25, 0.3) is 5.91 Å². The van der Waals surface area contributed by atoms with Crippen LogP contribution in [0.5, 0.6) is 5.75 Å². The molecule has 32 heavy (non-hydrogen) atoms. The van der Waals surface area contributed by atoms with Crippen molar-refractivity contribution in [3.8, 4) is 5.75 Å². The third kappa shape index (κ3) is 3.99. The summed E-state index contributed by atoms with van der Waals surface area (Å²) in [6, 6.07) is 22.7. The van der Waals surface area contributed by atoms with Gasteiger partial charge in [-0.25, -0.2) is 4.39 Å². The van der Waals surface area contributed by atoms with E-state index < -0.39 is 6.04 Å². The molecule has 1 fully saturated rings. The molecule has 160 valence electrons. The monoisotopic (exact) mass is 427 g/mol. The number of allylic oxidation sites excluding steroid dienone is 1. The predicted octanol–water partition coefficient (Wildman–Crippen LogP) is 3.79. The van der Waals surface area contributed by atoms with E-state index in [4.69, 9.17) is 4.99 Å². The van der Waals surface area contributed by atoms with Gasteiger partial charge in [-0.2, -0.15) is 0 Å². The van der Waals surface area contributed by atoms with Crippen LogP contribution in [-0.4, -0.2) is 34.2 Å². The van der Waals surface area contributed by atoms with Crippen molar-refractivity contribution in [2.24, 2.45) is 4.99 Å². The molecule has 1 unspecified atom stereocenters. The molecule has 0 spiro atoms. The summed E-state index contributed by atoms with van der Waals surface area (Å²) in [6.45, 7) is 0.351. The Morgan fingerprint density at radius 2 is 1.69 bits per heavy atom. The van der Waals surface area contributed by atoms with Crippen LogP contribution in [0.3, 0.4) is 0 Å². The van der Waals surface area contributed by atoms with Gasteiger partial charge in [-0.3, -0.25) is 14.7 Å². The zero-order valence-corrected chi connectivity index (χ0v) is 17.3. The Bertz CT molecular complexity index is 1200. The maximum absolute atomic E-state index is 13.3. The van der Waals surface area contributed by atoms with Crippen molar-refractivity contribution in [3.05, 3.63) is 113 Å². The summed E-state index contributed by atoms with van der Waals surface area (Å²) in [4.78, 5) is 20.0. The summed E-state index contributed by atoms with van der Waals surface area (Å²) in [5, 5.41) is 13.0. The van der Waals surface area contributed by atoms with Crippen LogP contribution in [-0.2, 0) is 17.6 Å². The maximum Gasteiger partial charge on any atom is 0.251 e. The van der Waals surface area contributed by atoms with Crippen molar-refractivity contribution in [1.82, 2.24) is 10.2 Å². The van der Waals surface area contributed by atoms with Gasteiger partial charge >= 0.3 is 0 Å². The van der Waals surface area contributed by atoms with Gasteiger partial charge in [0.2, 0.25) is 0 Å². The highest BCUT2D eigenvalue weighted by Gasteiger charge is 2.39. The van der Waals surface area contributed by atoms with E-state index in [0.29, 0.717) is 19.4 Å². The molecule has 2 aliphatic rings. The second-order valence-corrected chi connectivity index (χ2v) is 8.01. The average molecular weight is 427 g/mol. The lowest BCUT2D eigenvalue weighted by Gasteiger charge is -2.25. The van der Waals surface area contributed by atoms with Crippen LogP contribution < -0.4 is 5.32 Å². The number of hydrogen-bond acceptors (Lipinski definition) is 4. The molecule has 2 N–H and O–H groups in total. The zero-order chi connectivity index (χ0) is 22.1. The zero-order valence-electron chi connectivity index (χ0n) is 17.3. The van der Waals surface area contributed by atoms with Gasteiger partial charge < -0.3 is 10.4 Å². The lowest BCUT2D eigenvalue weighted by atomic mass is 10.0. The summed E-state index contributed by atoms with van der Waals surface area (Å²) in [6.07, 6.45) is 1.05. The average Bonchev–Trinajstić information content (AvgIpc) is 3.12. The van der Waals surface area contributed by atoms with Crippen molar-refractivity contribution < 1.29 is 14.3 Å². The number of nitrogens with one attached hydrogen (secondary N) is 1. The number of phenolic OH excluding ortho intramolecular Hbond substituents is 1. The number of halogens is 1. The van der Waals surface area contributed by atoms with Crippen LogP contribution in [0.15, 0.2) is 95.4 Å². The largest absolute Gasteiger partial charge is 0.508 e. The highest BCUT2D eigenvalue weighted by atomic mass is 19.1. The molecule has 0 radical (unpaired) electrons. The number of rotatable bonds is 5. The van der Waals surface area contributed by atoms with Crippen LogP contribution in [0.1, 0.15) is 16.7 Å². The summed E-state index contributed by atoms with van der Waals surface area (Å²) >= 11 is 0. The summed E-state index contributed by atoms with van der Waals surface area (Å²) in [7, 11) is 0. The molecule has 1 saturated heterocycles. The minimum absolute atomic E-state index is 0.0268. The number of hydrogen-bond donors (Lipinski definition) is 2. The van der Waals surface area contributed by atoms with Crippen LogP contribution in [0, 0.1) is 5.82 Å². The van der Waals surface area contributed by atoms with Crippen molar-refractivity contribution in [1.29, 1.82) is 0 Å². The molecule has 1 amide bonds. The number of nitrogens with zero attached hydrogens (tertiary/aromatic N) is 2. The number of fused-ring (bicyclic) bond motifs is 1. The summed E-state index contributed by atoms with van der Waals surface area (Å²) in [5.41, 5.74) is 4.42. The molecule has 2 heterocycles. The molecule has 3 aromatic carbocycles. The van der Waals surface area contributed by atoms with Gasteiger partial charge in [-0.1, -0.05) is 42.5 Å². The fourth-order valence-electron chi connectivity index (χ4n) is 4.12. The number of aromatic hydroxyl groups is 1. The van der Waals surface area contributed by atoms with Gasteiger partial charge in [-0.15, -0.1) is 0 Å². The normalized spacial score (nSPS) is 17.8. The number of carbonyl (C=O) groups excluding carboxylic acids is 1. The van der Waals surface area contributed by atoms with Crippen LogP contribution in [0.25, 0.3) is 0 Å². The Morgan fingerprint density at radius 1 is 0.969 bits per heavy atom. The van der Waals surface area contributed by atoms with Crippen LogP contribution in [0.4, 0.5) is 4.39 Å². The van der Waals surface area contributed by atoms with E-state index in [9.17, 15) is 14.3 Å². The fourth-order valence-corrected chi connectivity index (χ4v) is 4.12. The third-order valence-corrected chi connectivity index (χ3v) is 5.76. The summed E-state index contributed by atoms with van der Waals surface area (Å²) in [5.74, 6) is 0.593. The molecule has 6 heteroatoms. The number of carbonyl (C=O) groups is 1. The maximum atomic E-state index is 13.3. The standard InChI is InChI=1S/C26H22FN3O2/c27-20-10-6-18(7-11-20)15-23-26(32)30-16-24(19-8-12-21(31)13-9-19)28-22(25(30)29-23)14-17-4-2-1-3-5-17/h1-13,23,29,31H,14-16H2. The van der Waals surface area contributed by atoms with Gasteiger partial charge in [0.15, 0.2) is 0 Å². The molecule has 0 saturated carbocycles. The Morgan fingerprint density at radius 3 is 2.41 bits per heavy atom. The van der Waals surface area contributed by atoms with Crippen LogP contribution in [0.2, 0.25) is 0 Å². The van der Waals surface area contributed by atoms with E-state index in [1.54, 1.807) is 29.2 Å². The first-order valence-electron chi connectivity index (χ1n) is 10.5. The molecular formula is C26H22FN3O2. The van der Waals surface area contributed by atoms with Crippen LogP contribution >= 0.6 is 0 Å². The first-order valence-corrected chi connectivity index (χ1v) is 10.5. The molecule has 2 aliphatic heterocycles. The van der Waals surface area contributed by atoms with Gasteiger partial charge in [0.05, 0.1) is 18.0 Å². The minimum atomic E-state index is -0.435. The van der Waals surface area contributed by atoms with E-state index in [-0.39, 0.29) is 17.5 Å². The molecule has 0 aliphatic carbocycles. The van der Waals surface area contributed by atoms with Gasteiger partial charge in [0.1, 0.15) is 23.4 Å². The first kappa shape index (κ1) is 20.0. The predicted molar refractivity (Wildman–Crippen MR) is 121 cm³/mol. The van der Waals surface area contributed by atoms with Crippen molar-refractivity contribution in [2.75, 3.05) is 6.54 Å². The smallest absolute Gasteiger partial charge is 0.251 e. The lowest BCUT2D eigenvalue weighted by Crippen LogP contribution is -2.36. The molecule has 0 bridgehead atoms. The van der Waals surface area contributed by atoms with E-state index in [0.717, 1.165) is 33.9 Å². The fraction of sp³-hybridized carbons (Fsp3) is 0.154. The van der Waals surface area contributed by atoms with Gasteiger partial charge in [-0.05, 0) is 53.1 Å². The Hall–Kier alpha value is -3.93. The highest BCUT2D eigenvalue weighted by Crippen LogP contribution is 2.28. The molecule has 3 aromatic rings.